The molecule has 3 nitrogen and oxygen atoms in total. The van der Waals surface area contributed by atoms with Gasteiger partial charge in [-0.05, 0) is 30.2 Å². The molecule has 5 heteroatoms. The topological polar surface area (TPSA) is 63.3 Å². The number of hydrogen-bond acceptors (Lipinski definition) is 2. The number of aliphatic carboxylic acids is 1. The van der Waals surface area contributed by atoms with E-state index in [1.807, 2.05) is 0 Å². The summed E-state index contributed by atoms with van der Waals surface area (Å²) in [5, 5.41) is 9.57. The van der Waals surface area contributed by atoms with Crippen LogP contribution < -0.4 is 5.73 Å². The maximum absolute atomic E-state index is 10.4. The summed E-state index contributed by atoms with van der Waals surface area (Å²) >= 11 is 11.7. The molecule has 0 saturated heterocycles. The van der Waals surface area contributed by atoms with Crippen molar-refractivity contribution in [3.63, 3.8) is 0 Å². The van der Waals surface area contributed by atoms with Crippen LogP contribution in [0.15, 0.2) is 18.2 Å². The maximum Gasteiger partial charge on any atom is 0.303 e. The minimum atomic E-state index is -0.872. The minimum Gasteiger partial charge on any atom is -0.481 e. The summed E-state index contributed by atoms with van der Waals surface area (Å²) < 4.78 is 0. The Morgan fingerprint density at radius 2 is 2.13 bits per heavy atom. The quantitative estimate of drug-likeness (QED) is 0.861. The number of carbonyl (C=O) groups is 1. The highest BCUT2D eigenvalue weighted by molar-refractivity contribution is 6.33. The predicted molar refractivity (Wildman–Crippen MR) is 60.3 cm³/mol. The summed E-state index contributed by atoms with van der Waals surface area (Å²) in [5.74, 6) is -0.872. The third kappa shape index (κ3) is 3.70. The number of rotatable bonds is 4. The first-order chi connectivity index (χ1) is 7.00. The normalized spacial score (nSPS) is 12.5. The average molecular weight is 248 g/mol. The molecule has 0 aliphatic carbocycles. The zero-order chi connectivity index (χ0) is 11.4. The fourth-order valence-corrected chi connectivity index (χ4v) is 1.67. The van der Waals surface area contributed by atoms with Gasteiger partial charge in [0.2, 0.25) is 0 Å². The van der Waals surface area contributed by atoms with Crippen LogP contribution in [-0.4, -0.2) is 11.1 Å². The van der Waals surface area contributed by atoms with Gasteiger partial charge in [0.15, 0.2) is 0 Å². The fraction of sp³-hybridized carbons (Fsp3) is 0.300. The van der Waals surface area contributed by atoms with Crippen LogP contribution in [0, 0.1) is 0 Å². The Labute approximate surface area is 97.8 Å². The van der Waals surface area contributed by atoms with Crippen molar-refractivity contribution in [1.82, 2.24) is 0 Å². The maximum atomic E-state index is 10.4. The molecule has 0 heterocycles. The van der Waals surface area contributed by atoms with Crippen molar-refractivity contribution in [1.29, 1.82) is 0 Å². The van der Waals surface area contributed by atoms with E-state index in [1.165, 1.54) is 0 Å². The molecule has 0 aliphatic rings. The molecule has 0 bridgehead atoms. The first kappa shape index (κ1) is 12.3. The van der Waals surface area contributed by atoms with Crippen LogP contribution in [-0.2, 0) is 4.79 Å². The highest BCUT2D eigenvalue weighted by Gasteiger charge is 2.12. The third-order valence-corrected chi connectivity index (χ3v) is 2.61. The van der Waals surface area contributed by atoms with E-state index in [9.17, 15) is 4.79 Å². The molecule has 0 radical (unpaired) electrons. The highest BCUT2D eigenvalue weighted by atomic mass is 35.5. The monoisotopic (exact) mass is 247 g/mol. The lowest BCUT2D eigenvalue weighted by molar-refractivity contribution is -0.137. The summed E-state index contributed by atoms with van der Waals surface area (Å²) in [7, 11) is 0. The van der Waals surface area contributed by atoms with Gasteiger partial charge in [-0.3, -0.25) is 4.79 Å². The van der Waals surface area contributed by atoms with Crippen molar-refractivity contribution in [3.8, 4) is 0 Å². The van der Waals surface area contributed by atoms with Crippen LogP contribution in [0.5, 0.6) is 0 Å². The summed E-state index contributed by atoms with van der Waals surface area (Å²) in [6.45, 7) is 0. The standard InChI is InChI=1S/C10H11Cl2NO2/c11-6-1-2-8(12)7(5-6)9(13)3-4-10(14)15/h1-2,5,9H,3-4,13H2,(H,14,15). The van der Waals surface area contributed by atoms with E-state index in [1.54, 1.807) is 18.2 Å². The summed E-state index contributed by atoms with van der Waals surface area (Å²) in [4.78, 5) is 10.4. The first-order valence-corrected chi connectivity index (χ1v) is 5.18. The number of carboxylic acids is 1. The summed E-state index contributed by atoms with van der Waals surface area (Å²) in [6.07, 6.45) is 0.361. The molecule has 1 aromatic rings. The van der Waals surface area contributed by atoms with Crippen LogP contribution in [0.1, 0.15) is 24.4 Å². The van der Waals surface area contributed by atoms with E-state index in [0.29, 0.717) is 22.0 Å². The molecule has 1 unspecified atom stereocenters. The zero-order valence-electron chi connectivity index (χ0n) is 7.91. The van der Waals surface area contributed by atoms with Gasteiger partial charge in [0.25, 0.3) is 0 Å². The first-order valence-electron chi connectivity index (χ1n) is 4.43. The summed E-state index contributed by atoms with van der Waals surface area (Å²) in [5.41, 5.74) is 6.49. The SMILES string of the molecule is NC(CCC(=O)O)c1cc(Cl)ccc1Cl. The Morgan fingerprint density at radius 1 is 1.47 bits per heavy atom. The van der Waals surface area contributed by atoms with Crippen molar-refractivity contribution >= 4 is 29.2 Å². The lowest BCUT2D eigenvalue weighted by atomic mass is 10.0. The molecule has 1 aromatic carbocycles. The third-order valence-electron chi connectivity index (χ3n) is 2.03. The van der Waals surface area contributed by atoms with Gasteiger partial charge >= 0.3 is 5.97 Å². The van der Waals surface area contributed by atoms with Gasteiger partial charge in [0.1, 0.15) is 0 Å². The van der Waals surface area contributed by atoms with Gasteiger partial charge in [-0.25, -0.2) is 0 Å². The molecule has 1 rings (SSSR count). The minimum absolute atomic E-state index is 0.0179. The second-order valence-corrected chi connectivity index (χ2v) is 4.05. The van der Waals surface area contributed by atoms with Crippen molar-refractivity contribution in [2.24, 2.45) is 5.73 Å². The van der Waals surface area contributed by atoms with E-state index >= 15 is 0 Å². The van der Waals surface area contributed by atoms with Crippen molar-refractivity contribution in [2.45, 2.75) is 18.9 Å². The molecular formula is C10H11Cl2NO2. The Balaban J connectivity index is 2.76. The van der Waals surface area contributed by atoms with E-state index < -0.39 is 12.0 Å². The molecule has 3 N–H and O–H groups in total. The van der Waals surface area contributed by atoms with Crippen molar-refractivity contribution < 1.29 is 9.90 Å². The molecule has 82 valence electrons. The largest absolute Gasteiger partial charge is 0.481 e. The molecule has 0 saturated carbocycles. The fourth-order valence-electron chi connectivity index (χ4n) is 1.23. The molecule has 1 atom stereocenters. The molecule has 15 heavy (non-hydrogen) atoms. The van der Waals surface area contributed by atoms with Crippen LogP contribution in [0.25, 0.3) is 0 Å². The molecule has 0 amide bonds. The van der Waals surface area contributed by atoms with E-state index in [0.717, 1.165) is 0 Å². The molecule has 0 spiro atoms. The van der Waals surface area contributed by atoms with Gasteiger partial charge in [-0.1, -0.05) is 23.2 Å². The van der Waals surface area contributed by atoms with E-state index in [-0.39, 0.29) is 6.42 Å². The summed E-state index contributed by atoms with van der Waals surface area (Å²) in [6, 6.07) is 4.58. The van der Waals surface area contributed by atoms with Gasteiger partial charge in [-0.15, -0.1) is 0 Å². The molecule has 0 aromatic heterocycles. The van der Waals surface area contributed by atoms with E-state index in [2.05, 4.69) is 0 Å². The number of carboxylic acid groups (broad SMARTS) is 1. The lowest BCUT2D eigenvalue weighted by Gasteiger charge is -2.12. The van der Waals surface area contributed by atoms with Crippen LogP contribution in [0.4, 0.5) is 0 Å². The van der Waals surface area contributed by atoms with Gasteiger partial charge < -0.3 is 10.8 Å². The molecule has 0 fully saturated rings. The van der Waals surface area contributed by atoms with Crippen molar-refractivity contribution in [3.05, 3.63) is 33.8 Å². The predicted octanol–water partition coefficient (Wildman–Crippen LogP) is 2.86. The molecular weight excluding hydrogens is 237 g/mol. The second-order valence-electron chi connectivity index (χ2n) is 3.20. The number of halogens is 2. The number of benzene rings is 1. The van der Waals surface area contributed by atoms with E-state index in [4.69, 9.17) is 34.0 Å². The van der Waals surface area contributed by atoms with Crippen LogP contribution in [0.2, 0.25) is 10.0 Å². The lowest BCUT2D eigenvalue weighted by Crippen LogP contribution is -2.12. The van der Waals surface area contributed by atoms with Crippen LogP contribution >= 0.6 is 23.2 Å². The smallest absolute Gasteiger partial charge is 0.303 e. The molecule has 0 aliphatic heterocycles. The van der Waals surface area contributed by atoms with Gasteiger partial charge in [-0.2, -0.15) is 0 Å². The Hall–Kier alpha value is -0.770. The van der Waals surface area contributed by atoms with Gasteiger partial charge in [0.05, 0.1) is 0 Å². The Bertz CT molecular complexity index is 368. The number of nitrogens with two attached hydrogens (primary N) is 1. The van der Waals surface area contributed by atoms with Gasteiger partial charge in [0, 0.05) is 22.5 Å². The average Bonchev–Trinajstić information content (AvgIpc) is 2.18. The zero-order valence-corrected chi connectivity index (χ0v) is 9.42. The second kappa shape index (κ2) is 5.35. The Morgan fingerprint density at radius 3 is 2.73 bits per heavy atom. The highest BCUT2D eigenvalue weighted by Crippen LogP contribution is 2.27. The van der Waals surface area contributed by atoms with Crippen LogP contribution in [0.3, 0.4) is 0 Å². The number of hydrogen-bond donors (Lipinski definition) is 2. The Kier molecular flexibility index (Phi) is 4.39. The van der Waals surface area contributed by atoms with Crippen molar-refractivity contribution in [2.75, 3.05) is 0 Å².